The van der Waals surface area contributed by atoms with E-state index in [4.69, 9.17) is 0 Å². The van der Waals surface area contributed by atoms with Crippen molar-refractivity contribution in [3.63, 3.8) is 0 Å². The van der Waals surface area contributed by atoms with E-state index in [0.29, 0.717) is 12.3 Å². The predicted octanol–water partition coefficient (Wildman–Crippen LogP) is 2.87. The van der Waals surface area contributed by atoms with Gasteiger partial charge in [0.2, 0.25) is 0 Å². The summed E-state index contributed by atoms with van der Waals surface area (Å²) in [6.45, 7) is 3.98. The van der Waals surface area contributed by atoms with Gasteiger partial charge in [-0.05, 0) is 30.7 Å². The molecular formula is C12H17F3N2O. The zero-order valence-corrected chi connectivity index (χ0v) is 10.4. The van der Waals surface area contributed by atoms with Gasteiger partial charge in [-0.15, -0.1) is 0 Å². The Morgan fingerprint density at radius 2 is 2.00 bits per heavy atom. The minimum Gasteiger partial charge on any atom is -0.391 e. The van der Waals surface area contributed by atoms with Crippen molar-refractivity contribution in [3.05, 3.63) is 18.0 Å². The van der Waals surface area contributed by atoms with Crippen LogP contribution in [0.15, 0.2) is 12.3 Å². The molecule has 4 atom stereocenters. The molecule has 0 radical (unpaired) electrons. The van der Waals surface area contributed by atoms with Gasteiger partial charge in [0.05, 0.1) is 12.1 Å². The van der Waals surface area contributed by atoms with Gasteiger partial charge < -0.3 is 5.11 Å². The van der Waals surface area contributed by atoms with Crippen LogP contribution in [0.2, 0.25) is 0 Å². The fourth-order valence-electron chi connectivity index (χ4n) is 2.89. The third-order valence-electron chi connectivity index (χ3n) is 3.60. The van der Waals surface area contributed by atoms with Gasteiger partial charge in [0.1, 0.15) is 0 Å². The molecule has 3 nitrogen and oxygen atoms in total. The quantitative estimate of drug-likeness (QED) is 0.845. The molecule has 4 unspecified atom stereocenters. The summed E-state index contributed by atoms with van der Waals surface area (Å²) in [5.74, 6) is 0.508. The van der Waals surface area contributed by atoms with Crippen LogP contribution in [0.4, 0.5) is 13.2 Å². The third-order valence-corrected chi connectivity index (χ3v) is 3.60. The summed E-state index contributed by atoms with van der Waals surface area (Å²) in [6.07, 6.45) is -2.26. The van der Waals surface area contributed by atoms with Crippen LogP contribution >= 0.6 is 0 Å². The molecule has 1 saturated carbocycles. The first-order valence-electron chi connectivity index (χ1n) is 6.09. The van der Waals surface area contributed by atoms with E-state index in [-0.39, 0.29) is 12.0 Å². The van der Waals surface area contributed by atoms with Crippen molar-refractivity contribution in [2.24, 2.45) is 11.8 Å². The first kappa shape index (κ1) is 13.4. The highest BCUT2D eigenvalue weighted by Gasteiger charge is 2.38. The van der Waals surface area contributed by atoms with E-state index in [1.54, 1.807) is 0 Å². The molecule has 1 aromatic heterocycles. The number of halogens is 3. The molecular weight excluding hydrogens is 245 g/mol. The summed E-state index contributed by atoms with van der Waals surface area (Å²) in [5.41, 5.74) is -0.902. The van der Waals surface area contributed by atoms with Crippen LogP contribution in [0.1, 0.15) is 38.4 Å². The lowest BCUT2D eigenvalue weighted by atomic mass is 9.78. The Hall–Kier alpha value is -1.04. The maximum atomic E-state index is 12.5. The molecule has 2 rings (SSSR count). The van der Waals surface area contributed by atoms with Gasteiger partial charge in [-0.1, -0.05) is 13.8 Å². The summed E-state index contributed by atoms with van der Waals surface area (Å²) in [7, 11) is 0. The highest BCUT2D eigenvalue weighted by atomic mass is 19.4. The van der Waals surface area contributed by atoms with Crippen LogP contribution in [0.3, 0.4) is 0 Å². The molecule has 0 spiro atoms. The Bertz CT molecular complexity index is 404. The first-order chi connectivity index (χ1) is 8.29. The van der Waals surface area contributed by atoms with Gasteiger partial charge in [0.15, 0.2) is 5.69 Å². The molecule has 0 amide bonds. The monoisotopic (exact) mass is 262 g/mol. The van der Waals surface area contributed by atoms with Crippen LogP contribution in [0, 0.1) is 11.8 Å². The minimum absolute atomic E-state index is 0.115. The zero-order valence-electron chi connectivity index (χ0n) is 10.4. The van der Waals surface area contributed by atoms with Crippen molar-refractivity contribution in [1.82, 2.24) is 9.78 Å². The van der Waals surface area contributed by atoms with Gasteiger partial charge in [0.25, 0.3) is 0 Å². The Balaban J connectivity index is 2.23. The fraction of sp³-hybridized carbons (Fsp3) is 0.750. The van der Waals surface area contributed by atoms with Crippen LogP contribution < -0.4 is 0 Å². The molecule has 1 fully saturated rings. The molecule has 0 aromatic carbocycles. The summed E-state index contributed by atoms with van der Waals surface area (Å²) in [6, 6.07) is 0.592. The first-order valence-corrected chi connectivity index (χ1v) is 6.09. The Morgan fingerprint density at radius 3 is 2.50 bits per heavy atom. The van der Waals surface area contributed by atoms with Crippen molar-refractivity contribution in [3.8, 4) is 0 Å². The number of nitrogens with zero attached hydrogens (tertiary/aromatic N) is 2. The van der Waals surface area contributed by atoms with Crippen molar-refractivity contribution >= 4 is 0 Å². The van der Waals surface area contributed by atoms with E-state index in [1.165, 1.54) is 10.9 Å². The van der Waals surface area contributed by atoms with Crippen molar-refractivity contribution in [1.29, 1.82) is 0 Å². The molecule has 102 valence electrons. The van der Waals surface area contributed by atoms with E-state index < -0.39 is 18.0 Å². The van der Waals surface area contributed by atoms with E-state index in [0.717, 1.165) is 12.5 Å². The van der Waals surface area contributed by atoms with Gasteiger partial charge in [0, 0.05) is 6.20 Å². The minimum atomic E-state index is -4.43. The second-order valence-electron chi connectivity index (χ2n) is 5.29. The number of aliphatic hydroxyl groups excluding tert-OH is 1. The van der Waals surface area contributed by atoms with Gasteiger partial charge >= 0.3 is 6.18 Å². The summed E-state index contributed by atoms with van der Waals surface area (Å²) < 4.78 is 38.7. The molecule has 18 heavy (non-hydrogen) atoms. The van der Waals surface area contributed by atoms with Crippen LogP contribution in [0.5, 0.6) is 0 Å². The molecule has 1 aliphatic rings. The molecule has 6 heteroatoms. The number of aromatic nitrogens is 2. The van der Waals surface area contributed by atoms with E-state index in [2.05, 4.69) is 5.10 Å². The molecule has 1 heterocycles. The fourth-order valence-corrected chi connectivity index (χ4v) is 2.89. The second kappa shape index (κ2) is 4.57. The number of hydrogen-bond donors (Lipinski definition) is 1. The van der Waals surface area contributed by atoms with E-state index in [9.17, 15) is 18.3 Å². The Morgan fingerprint density at radius 1 is 1.33 bits per heavy atom. The predicted molar refractivity (Wildman–Crippen MR) is 59.8 cm³/mol. The van der Waals surface area contributed by atoms with Crippen LogP contribution in [-0.4, -0.2) is 21.0 Å². The highest BCUT2D eigenvalue weighted by molar-refractivity contribution is 5.05. The van der Waals surface area contributed by atoms with E-state index >= 15 is 0 Å². The van der Waals surface area contributed by atoms with Gasteiger partial charge in [-0.25, -0.2) is 0 Å². The normalized spacial score (nSPS) is 33.7. The number of aliphatic hydroxyl groups is 1. The number of rotatable bonds is 1. The average Bonchev–Trinajstić information content (AvgIpc) is 2.64. The standard InChI is InChI=1S/C12H17F3N2O/c1-7-5-8(2)11(9(18)6-7)17-4-3-10(16-17)12(13,14)15/h3-4,7-9,11,18H,5-6H2,1-2H3. The summed E-state index contributed by atoms with van der Waals surface area (Å²) in [4.78, 5) is 0. The summed E-state index contributed by atoms with van der Waals surface area (Å²) >= 11 is 0. The molecule has 0 bridgehead atoms. The maximum Gasteiger partial charge on any atom is 0.435 e. The molecule has 1 aliphatic carbocycles. The lowest BCUT2D eigenvalue weighted by Crippen LogP contribution is -2.36. The lowest BCUT2D eigenvalue weighted by molar-refractivity contribution is -0.141. The lowest BCUT2D eigenvalue weighted by Gasteiger charge is -2.36. The largest absolute Gasteiger partial charge is 0.435 e. The van der Waals surface area contributed by atoms with Crippen LogP contribution in [-0.2, 0) is 6.18 Å². The van der Waals surface area contributed by atoms with Crippen molar-refractivity contribution in [2.45, 2.75) is 45.0 Å². The SMILES string of the molecule is CC1CC(C)C(n2ccc(C(F)(F)F)n2)C(O)C1. The molecule has 1 aromatic rings. The van der Waals surface area contributed by atoms with E-state index in [1.807, 2.05) is 13.8 Å². The summed E-state index contributed by atoms with van der Waals surface area (Å²) in [5, 5.41) is 13.6. The number of hydrogen-bond acceptors (Lipinski definition) is 2. The maximum absolute atomic E-state index is 12.5. The molecule has 0 aliphatic heterocycles. The topological polar surface area (TPSA) is 38.0 Å². The van der Waals surface area contributed by atoms with Gasteiger partial charge in [-0.2, -0.15) is 18.3 Å². The molecule has 1 N–H and O–H groups in total. The third kappa shape index (κ3) is 2.53. The van der Waals surface area contributed by atoms with Crippen molar-refractivity contribution < 1.29 is 18.3 Å². The van der Waals surface area contributed by atoms with Crippen LogP contribution in [0.25, 0.3) is 0 Å². The van der Waals surface area contributed by atoms with Crippen molar-refractivity contribution in [2.75, 3.05) is 0 Å². The highest BCUT2D eigenvalue weighted by Crippen LogP contribution is 2.37. The average molecular weight is 262 g/mol. The Labute approximate surface area is 104 Å². The number of alkyl halides is 3. The zero-order chi connectivity index (χ0) is 13.5. The second-order valence-corrected chi connectivity index (χ2v) is 5.29. The van der Waals surface area contributed by atoms with Gasteiger partial charge in [-0.3, -0.25) is 4.68 Å². The Kier molecular flexibility index (Phi) is 3.40. The smallest absolute Gasteiger partial charge is 0.391 e. The molecule has 0 saturated heterocycles.